The first-order valence-electron chi connectivity index (χ1n) is 8.02. The molecule has 0 unspecified atom stereocenters. The van der Waals surface area contributed by atoms with Crippen LogP contribution in [0.5, 0.6) is 0 Å². The summed E-state index contributed by atoms with van der Waals surface area (Å²) >= 11 is 11.9. The zero-order chi connectivity index (χ0) is 19.4. The number of halogens is 2. The molecule has 26 heavy (non-hydrogen) atoms. The molecule has 0 bridgehead atoms. The summed E-state index contributed by atoms with van der Waals surface area (Å²) in [7, 11) is 1.54. The molecule has 0 aliphatic heterocycles. The van der Waals surface area contributed by atoms with Crippen molar-refractivity contribution >= 4 is 46.5 Å². The molecule has 2 rings (SSSR count). The van der Waals surface area contributed by atoms with E-state index >= 15 is 0 Å². The van der Waals surface area contributed by atoms with Gasteiger partial charge in [0.2, 0.25) is 5.91 Å². The van der Waals surface area contributed by atoms with Crippen molar-refractivity contribution in [2.45, 2.75) is 20.8 Å². The Labute approximate surface area is 163 Å². The van der Waals surface area contributed by atoms with Crippen LogP contribution in [-0.2, 0) is 4.79 Å². The zero-order valence-electron chi connectivity index (χ0n) is 15.1. The normalized spacial score (nSPS) is 10.4. The van der Waals surface area contributed by atoms with Crippen molar-refractivity contribution in [2.75, 3.05) is 24.2 Å². The maximum atomic E-state index is 12.3. The average molecular weight is 394 g/mol. The topological polar surface area (TPSA) is 61.4 Å². The van der Waals surface area contributed by atoms with Crippen LogP contribution in [-0.4, -0.2) is 30.4 Å². The van der Waals surface area contributed by atoms with Gasteiger partial charge in [0.05, 0.1) is 10.7 Å². The van der Waals surface area contributed by atoms with E-state index in [1.54, 1.807) is 12.1 Å². The Morgan fingerprint density at radius 3 is 2.19 bits per heavy atom. The highest BCUT2D eigenvalue weighted by Gasteiger charge is 2.16. The van der Waals surface area contributed by atoms with Crippen LogP contribution in [0.4, 0.5) is 16.2 Å². The summed E-state index contributed by atoms with van der Waals surface area (Å²) in [6, 6.07) is 8.33. The molecule has 2 N–H and O–H groups in total. The first-order valence-corrected chi connectivity index (χ1v) is 8.78. The van der Waals surface area contributed by atoms with Crippen LogP contribution in [0.3, 0.4) is 0 Å². The molecule has 0 aliphatic rings. The van der Waals surface area contributed by atoms with Crippen LogP contribution in [0.1, 0.15) is 16.7 Å². The van der Waals surface area contributed by atoms with Crippen LogP contribution in [0, 0.1) is 20.8 Å². The minimum Gasteiger partial charge on any atom is -0.324 e. The first kappa shape index (κ1) is 20.1. The van der Waals surface area contributed by atoms with Crippen LogP contribution >= 0.6 is 23.2 Å². The van der Waals surface area contributed by atoms with Gasteiger partial charge in [-0.25, -0.2) is 4.79 Å². The number of rotatable bonds is 4. The fraction of sp³-hybridized carbons (Fsp3) is 0.263. The highest BCUT2D eigenvalue weighted by atomic mass is 35.5. The molecule has 0 aromatic heterocycles. The zero-order valence-corrected chi connectivity index (χ0v) is 16.6. The van der Waals surface area contributed by atoms with E-state index in [2.05, 4.69) is 10.6 Å². The molecule has 0 aliphatic carbocycles. The van der Waals surface area contributed by atoms with Crippen molar-refractivity contribution in [3.8, 4) is 0 Å². The number of amides is 3. The van der Waals surface area contributed by atoms with E-state index in [1.165, 1.54) is 18.0 Å². The third kappa shape index (κ3) is 5.13. The number of carbonyl (C=O) groups is 2. The molecule has 0 saturated heterocycles. The van der Waals surface area contributed by atoms with Crippen molar-refractivity contribution in [1.82, 2.24) is 4.90 Å². The number of nitrogens with zero attached hydrogens (tertiary/aromatic N) is 1. The molecule has 0 saturated carbocycles. The Morgan fingerprint density at radius 2 is 1.62 bits per heavy atom. The van der Waals surface area contributed by atoms with Gasteiger partial charge in [0.15, 0.2) is 0 Å². The summed E-state index contributed by atoms with van der Waals surface area (Å²) in [5.74, 6) is -0.278. The lowest BCUT2D eigenvalue weighted by Gasteiger charge is -2.19. The average Bonchev–Trinajstić information content (AvgIpc) is 2.53. The molecule has 0 heterocycles. The van der Waals surface area contributed by atoms with E-state index in [9.17, 15) is 9.59 Å². The molecular formula is C19H21Cl2N3O2. The predicted molar refractivity (Wildman–Crippen MR) is 107 cm³/mol. The van der Waals surface area contributed by atoms with E-state index < -0.39 is 6.03 Å². The van der Waals surface area contributed by atoms with Crippen LogP contribution in [0.25, 0.3) is 0 Å². The van der Waals surface area contributed by atoms with Crippen molar-refractivity contribution in [3.05, 3.63) is 57.1 Å². The minimum absolute atomic E-state index is 0.0935. The van der Waals surface area contributed by atoms with Crippen LogP contribution < -0.4 is 10.6 Å². The van der Waals surface area contributed by atoms with Gasteiger partial charge in [-0.1, -0.05) is 40.9 Å². The van der Waals surface area contributed by atoms with Gasteiger partial charge in [0.25, 0.3) is 0 Å². The smallest absolute Gasteiger partial charge is 0.322 e. The Morgan fingerprint density at radius 1 is 1.00 bits per heavy atom. The van der Waals surface area contributed by atoms with Crippen molar-refractivity contribution in [2.24, 2.45) is 0 Å². The summed E-state index contributed by atoms with van der Waals surface area (Å²) in [5, 5.41) is 6.33. The van der Waals surface area contributed by atoms with Crippen LogP contribution in [0.15, 0.2) is 30.3 Å². The number of aryl methyl sites for hydroxylation is 3. The molecule has 3 amide bonds. The molecule has 0 fully saturated rings. The lowest BCUT2D eigenvalue weighted by atomic mass is 10.1. The number of benzene rings is 2. The van der Waals surface area contributed by atoms with E-state index in [4.69, 9.17) is 23.2 Å². The summed E-state index contributed by atoms with van der Waals surface area (Å²) in [6.45, 7) is 5.79. The molecule has 0 radical (unpaired) electrons. The minimum atomic E-state index is -0.443. The van der Waals surface area contributed by atoms with Gasteiger partial charge < -0.3 is 15.5 Å². The lowest BCUT2D eigenvalue weighted by Crippen LogP contribution is -2.37. The molecular weight excluding hydrogens is 373 g/mol. The lowest BCUT2D eigenvalue weighted by molar-refractivity contribution is -0.116. The van der Waals surface area contributed by atoms with E-state index in [-0.39, 0.29) is 12.5 Å². The van der Waals surface area contributed by atoms with Gasteiger partial charge in [0, 0.05) is 17.8 Å². The van der Waals surface area contributed by atoms with Gasteiger partial charge in [-0.2, -0.15) is 0 Å². The number of hydrogen-bond donors (Lipinski definition) is 2. The Bertz CT molecular complexity index is 830. The maximum Gasteiger partial charge on any atom is 0.322 e. The van der Waals surface area contributed by atoms with Crippen molar-refractivity contribution in [1.29, 1.82) is 0 Å². The fourth-order valence-electron chi connectivity index (χ4n) is 2.64. The number of carbonyl (C=O) groups excluding carboxylic acids is 2. The van der Waals surface area contributed by atoms with Gasteiger partial charge in [0.1, 0.15) is 6.54 Å². The van der Waals surface area contributed by atoms with E-state index in [0.717, 1.165) is 22.4 Å². The Kier molecular flexibility index (Phi) is 6.51. The SMILES string of the molecule is Cc1cc(C)c(NC(=O)CN(C)C(=O)Nc2ccc(Cl)cc2Cl)c(C)c1. The Hall–Kier alpha value is -2.24. The quantitative estimate of drug-likeness (QED) is 0.765. The highest BCUT2D eigenvalue weighted by molar-refractivity contribution is 6.36. The standard InChI is InChI=1S/C19H21Cl2N3O2/c1-11-7-12(2)18(13(3)8-11)23-17(25)10-24(4)19(26)22-16-6-5-14(20)9-15(16)21/h5-9H,10H2,1-4H3,(H,22,26)(H,23,25). The summed E-state index contributed by atoms with van der Waals surface area (Å²) in [5.41, 5.74) is 4.30. The first-order chi connectivity index (χ1) is 12.2. The second-order valence-corrected chi connectivity index (χ2v) is 7.08. The number of likely N-dealkylation sites (N-methyl/N-ethyl adjacent to an activating group) is 1. The summed E-state index contributed by atoms with van der Waals surface area (Å²) in [4.78, 5) is 25.8. The van der Waals surface area contributed by atoms with E-state index in [1.807, 2.05) is 32.9 Å². The second-order valence-electron chi connectivity index (χ2n) is 6.23. The van der Waals surface area contributed by atoms with Crippen molar-refractivity contribution in [3.63, 3.8) is 0 Å². The molecule has 0 spiro atoms. The largest absolute Gasteiger partial charge is 0.324 e. The highest BCUT2D eigenvalue weighted by Crippen LogP contribution is 2.25. The van der Waals surface area contributed by atoms with Gasteiger partial charge in [-0.05, 0) is 50.1 Å². The van der Waals surface area contributed by atoms with Gasteiger partial charge >= 0.3 is 6.03 Å². The number of urea groups is 1. The fourth-order valence-corrected chi connectivity index (χ4v) is 3.10. The van der Waals surface area contributed by atoms with Crippen molar-refractivity contribution < 1.29 is 9.59 Å². The third-order valence-electron chi connectivity index (χ3n) is 3.84. The molecule has 0 atom stereocenters. The second kappa shape index (κ2) is 8.43. The molecule has 2 aromatic carbocycles. The molecule has 2 aromatic rings. The number of nitrogens with one attached hydrogen (secondary N) is 2. The number of hydrogen-bond acceptors (Lipinski definition) is 2. The maximum absolute atomic E-state index is 12.3. The summed E-state index contributed by atoms with van der Waals surface area (Å²) < 4.78 is 0. The molecule has 5 nitrogen and oxygen atoms in total. The summed E-state index contributed by atoms with van der Waals surface area (Å²) in [6.07, 6.45) is 0. The molecule has 7 heteroatoms. The molecule has 138 valence electrons. The van der Waals surface area contributed by atoms with E-state index in [0.29, 0.717) is 15.7 Å². The monoisotopic (exact) mass is 393 g/mol. The number of anilines is 2. The van der Waals surface area contributed by atoms with Gasteiger partial charge in [-0.15, -0.1) is 0 Å². The Balaban J connectivity index is 1.99. The van der Waals surface area contributed by atoms with Gasteiger partial charge in [-0.3, -0.25) is 4.79 Å². The van der Waals surface area contributed by atoms with Crippen LogP contribution in [0.2, 0.25) is 10.0 Å². The predicted octanol–water partition coefficient (Wildman–Crippen LogP) is 5.02. The third-order valence-corrected chi connectivity index (χ3v) is 4.39.